The summed E-state index contributed by atoms with van der Waals surface area (Å²) in [5.41, 5.74) is 13.0. The number of rotatable bonds is 5. The van der Waals surface area contributed by atoms with Gasteiger partial charge in [0.1, 0.15) is 6.04 Å². The number of benzene rings is 1. The van der Waals surface area contributed by atoms with Crippen LogP contribution < -0.4 is 16.8 Å². The zero-order chi connectivity index (χ0) is 15.3. The molecule has 1 unspecified atom stereocenters. The minimum absolute atomic E-state index is 0.206. The van der Waals surface area contributed by atoms with Crippen LogP contribution in [0.1, 0.15) is 19.4 Å². The fourth-order valence-corrected chi connectivity index (χ4v) is 1.62. The highest BCUT2D eigenvalue weighted by atomic mass is 16.4. The van der Waals surface area contributed by atoms with Gasteiger partial charge in [-0.2, -0.15) is 0 Å². The van der Waals surface area contributed by atoms with E-state index in [4.69, 9.17) is 16.6 Å². The molecule has 1 aromatic carbocycles. The number of amides is 1. The average molecular weight is 277 g/mol. The van der Waals surface area contributed by atoms with Gasteiger partial charge >= 0.3 is 5.97 Å². The largest absolute Gasteiger partial charge is 0.480 e. The maximum atomic E-state index is 11.7. The highest BCUT2D eigenvalue weighted by Crippen LogP contribution is 2.16. The minimum atomic E-state index is -1.06. The second-order valence-corrected chi connectivity index (χ2v) is 4.79. The molecule has 1 rings (SSSR count). The molecule has 1 amide bonds. The molecule has 0 aliphatic carbocycles. The lowest BCUT2D eigenvalue weighted by Crippen LogP contribution is -2.43. The van der Waals surface area contributed by atoms with Gasteiger partial charge in [0.05, 0.1) is 0 Å². The fourth-order valence-electron chi connectivity index (χ4n) is 1.62. The first-order chi connectivity index (χ1) is 9.31. The van der Waals surface area contributed by atoms with Crippen LogP contribution >= 0.6 is 0 Å². The number of nitrogens with two attached hydrogens (primary N) is 2. The molecule has 0 bridgehead atoms. The van der Waals surface area contributed by atoms with Gasteiger partial charge in [-0.05, 0) is 35.8 Å². The van der Waals surface area contributed by atoms with E-state index in [0.29, 0.717) is 16.9 Å². The summed E-state index contributed by atoms with van der Waals surface area (Å²) in [4.78, 5) is 22.7. The van der Waals surface area contributed by atoms with Gasteiger partial charge in [0, 0.05) is 17.5 Å². The van der Waals surface area contributed by atoms with Crippen molar-refractivity contribution in [3.8, 4) is 0 Å². The predicted octanol–water partition coefficient (Wildman–Crippen LogP) is 1.09. The van der Waals surface area contributed by atoms with Gasteiger partial charge in [-0.3, -0.25) is 4.79 Å². The van der Waals surface area contributed by atoms with E-state index in [-0.39, 0.29) is 5.92 Å². The smallest absolute Gasteiger partial charge is 0.326 e. The van der Waals surface area contributed by atoms with Crippen LogP contribution in [0.15, 0.2) is 24.3 Å². The van der Waals surface area contributed by atoms with E-state index in [9.17, 15) is 9.59 Å². The van der Waals surface area contributed by atoms with Crippen molar-refractivity contribution in [3.05, 3.63) is 29.8 Å². The Bertz CT molecular complexity index is 538. The van der Waals surface area contributed by atoms with Crippen molar-refractivity contribution < 1.29 is 14.7 Å². The zero-order valence-corrected chi connectivity index (χ0v) is 11.5. The highest BCUT2D eigenvalue weighted by molar-refractivity contribution is 5.95. The average Bonchev–Trinajstić information content (AvgIpc) is 2.36. The van der Waals surface area contributed by atoms with Gasteiger partial charge in [-0.15, -0.1) is 0 Å². The third-order valence-electron chi connectivity index (χ3n) is 2.76. The molecule has 6 heteroatoms. The van der Waals surface area contributed by atoms with Crippen molar-refractivity contribution in [2.75, 3.05) is 11.5 Å². The third-order valence-corrected chi connectivity index (χ3v) is 2.76. The van der Waals surface area contributed by atoms with Crippen molar-refractivity contribution >= 4 is 29.3 Å². The van der Waals surface area contributed by atoms with E-state index >= 15 is 0 Å². The second kappa shape index (κ2) is 6.60. The Hall–Kier alpha value is -2.50. The first-order valence-electron chi connectivity index (χ1n) is 6.17. The van der Waals surface area contributed by atoms with Gasteiger partial charge in [0.25, 0.3) is 0 Å². The number of carbonyl (C=O) groups excluding carboxylic acids is 1. The Labute approximate surface area is 117 Å². The molecule has 0 radical (unpaired) electrons. The standard InChI is InChI=1S/C14H19N3O3/c1-8(2)13(14(19)20)17-12(18)6-3-9-7-10(15)4-5-11(9)16/h3-8,13H,15-16H2,1-2H3,(H,17,18)(H,19,20)/b6-3+. The minimum Gasteiger partial charge on any atom is -0.480 e. The van der Waals surface area contributed by atoms with Crippen molar-refractivity contribution in [1.82, 2.24) is 5.32 Å². The summed E-state index contributed by atoms with van der Waals surface area (Å²) in [5, 5.41) is 11.4. The zero-order valence-electron chi connectivity index (χ0n) is 11.5. The molecule has 0 aromatic heterocycles. The molecule has 6 nitrogen and oxygen atoms in total. The number of anilines is 2. The van der Waals surface area contributed by atoms with Gasteiger partial charge in [-0.1, -0.05) is 13.8 Å². The number of nitrogen functional groups attached to an aromatic ring is 2. The lowest BCUT2D eigenvalue weighted by Gasteiger charge is -2.16. The summed E-state index contributed by atoms with van der Waals surface area (Å²) < 4.78 is 0. The number of aliphatic carboxylic acids is 1. The Morgan fingerprint density at radius 1 is 1.30 bits per heavy atom. The van der Waals surface area contributed by atoms with Gasteiger partial charge in [0.15, 0.2) is 0 Å². The van der Waals surface area contributed by atoms with Crippen LogP contribution in [0.4, 0.5) is 11.4 Å². The molecular formula is C14H19N3O3. The Morgan fingerprint density at radius 2 is 1.95 bits per heavy atom. The summed E-state index contributed by atoms with van der Waals surface area (Å²) in [5.74, 6) is -1.76. The lowest BCUT2D eigenvalue weighted by molar-refractivity contribution is -0.142. The van der Waals surface area contributed by atoms with Gasteiger partial charge < -0.3 is 21.9 Å². The number of carboxylic acids is 1. The topological polar surface area (TPSA) is 118 Å². The van der Waals surface area contributed by atoms with E-state index < -0.39 is 17.9 Å². The summed E-state index contributed by atoms with van der Waals surface area (Å²) in [6.45, 7) is 3.44. The Kier molecular flexibility index (Phi) is 5.14. The summed E-state index contributed by atoms with van der Waals surface area (Å²) in [6.07, 6.45) is 2.74. The van der Waals surface area contributed by atoms with Crippen molar-refractivity contribution in [1.29, 1.82) is 0 Å². The van der Waals surface area contributed by atoms with Crippen LogP contribution in [0.2, 0.25) is 0 Å². The number of hydrogen-bond acceptors (Lipinski definition) is 4. The molecule has 0 fully saturated rings. The van der Waals surface area contributed by atoms with E-state index in [1.807, 2.05) is 0 Å². The van der Waals surface area contributed by atoms with Crippen molar-refractivity contribution in [2.45, 2.75) is 19.9 Å². The molecule has 20 heavy (non-hydrogen) atoms. The van der Waals surface area contributed by atoms with E-state index in [1.54, 1.807) is 32.0 Å². The fraction of sp³-hybridized carbons (Fsp3) is 0.286. The maximum Gasteiger partial charge on any atom is 0.326 e. The third kappa shape index (κ3) is 4.31. The SMILES string of the molecule is CC(C)C(NC(=O)/C=C/c1cc(N)ccc1N)C(=O)O. The first-order valence-corrected chi connectivity index (χ1v) is 6.17. The number of hydrogen-bond donors (Lipinski definition) is 4. The number of carboxylic acid groups (broad SMARTS) is 1. The Balaban J connectivity index is 2.77. The monoisotopic (exact) mass is 277 g/mol. The van der Waals surface area contributed by atoms with Crippen LogP contribution in [0.25, 0.3) is 6.08 Å². The normalized spacial score (nSPS) is 12.6. The molecule has 1 atom stereocenters. The number of nitrogens with one attached hydrogen (secondary N) is 1. The molecule has 0 aliphatic rings. The number of carbonyl (C=O) groups is 2. The quantitative estimate of drug-likeness (QED) is 0.474. The molecular weight excluding hydrogens is 258 g/mol. The summed E-state index contributed by atoms with van der Waals surface area (Å²) in [7, 11) is 0. The molecule has 6 N–H and O–H groups in total. The lowest BCUT2D eigenvalue weighted by atomic mass is 10.0. The Morgan fingerprint density at radius 3 is 2.50 bits per heavy atom. The molecule has 0 heterocycles. The van der Waals surface area contributed by atoms with Crippen LogP contribution in [0.3, 0.4) is 0 Å². The van der Waals surface area contributed by atoms with Gasteiger partial charge in [-0.25, -0.2) is 4.79 Å². The van der Waals surface area contributed by atoms with Crippen molar-refractivity contribution in [2.24, 2.45) is 5.92 Å². The summed E-state index contributed by atoms with van der Waals surface area (Å²) >= 11 is 0. The molecule has 108 valence electrons. The van der Waals surface area contributed by atoms with Gasteiger partial charge in [0.2, 0.25) is 5.91 Å². The van der Waals surface area contributed by atoms with Crippen LogP contribution in [-0.4, -0.2) is 23.0 Å². The first kappa shape index (κ1) is 15.6. The highest BCUT2D eigenvalue weighted by Gasteiger charge is 2.22. The van der Waals surface area contributed by atoms with Crippen molar-refractivity contribution in [3.63, 3.8) is 0 Å². The predicted molar refractivity (Wildman–Crippen MR) is 78.7 cm³/mol. The molecule has 0 spiro atoms. The molecule has 1 aromatic rings. The second-order valence-electron chi connectivity index (χ2n) is 4.79. The van der Waals surface area contributed by atoms with E-state index in [0.717, 1.165) is 0 Å². The van der Waals surface area contributed by atoms with Crippen LogP contribution in [-0.2, 0) is 9.59 Å². The molecule has 0 aliphatic heterocycles. The molecule has 0 saturated heterocycles. The van der Waals surface area contributed by atoms with E-state index in [2.05, 4.69) is 5.32 Å². The summed E-state index contributed by atoms with van der Waals surface area (Å²) in [6, 6.07) is 4.01. The van der Waals surface area contributed by atoms with E-state index in [1.165, 1.54) is 12.2 Å². The van der Waals surface area contributed by atoms with Crippen LogP contribution in [0, 0.1) is 5.92 Å². The molecule has 0 saturated carbocycles. The van der Waals surface area contributed by atoms with Crippen LogP contribution in [0.5, 0.6) is 0 Å². The maximum absolute atomic E-state index is 11.7.